The van der Waals surface area contributed by atoms with Crippen molar-refractivity contribution in [2.24, 2.45) is 5.10 Å². The summed E-state index contributed by atoms with van der Waals surface area (Å²) in [6.45, 7) is 1.68. The summed E-state index contributed by atoms with van der Waals surface area (Å²) in [5, 5.41) is 6.70. The second-order valence-corrected chi connectivity index (χ2v) is 7.48. The van der Waals surface area contributed by atoms with Gasteiger partial charge in [-0.05, 0) is 50.1 Å². The van der Waals surface area contributed by atoms with Gasteiger partial charge < -0.3 is 9.73 Å². The minimum absolute atomic E-state index is 0.00195. The number of alkyl halides is 3. The maximum absolute atomic E-state index is 13.0. The quantitative estimate of drug-likeness (QED) is 0.555. The fraction of sp³-hybridized carbons (Fsp3) is 0.217. The normalized spacial score (nSPS) is 14.6. The van der Waals surface area contributed by atoms with E-state index < -0.39 is 23.6 Å². The van der Waals surface area contributed by atoms with Crippen LogP contribution in [0.15, 0.2) is 58.3 Å². The van der Waals surface area contributed by atoms with Crippen molar-refractivity contribution in [3.8, 4) is 0 Å². The van der Waals surface area contributed by atoms with Crippen molar-refractivity contribution in [1.29, 1.82) is 0 Å². The molecule has 0 saturated carbocycles. The van der Waals surface area contributed by atoms with E-state index in [0.717, 1.165) is 12.1 Å². The summed E-state index contributed by atoms with van der Waals surface area (Å²) < 4.78 is 44.6. The zero-order valence-electron chi connectivity index (χ0n) is 17.5. The number of amides is 2. The Bertz CT molecular complexity index is 1230. The number of carbonyl (C=O) groups is 2. The molecular formula is C23H19F3N4O3. The van der Waals surface area contributed by atoms with E-state index in [4.69, 9.17) is 4.42 Å². The van der Waals surface area contributed by atoms with Gasteiger partial charge in [-0.1, -0.05) is 6.07 Å². The first-order valence-corrected chi connectivity index (χ1v) is 10.1. The Hall–Kier alpha value is -3.95. The highest BCUT2D eigenvalue weighted by atomic mass is 19.4. The number of aryl methyl sites for hydroxylation is 1. The Balaban J connectivity index is 1.56. The number of pyridine rings is 1. The lowest BCUT2D eigenvalue weighted by molar-refractivity contribution is -0.137. The van der Waals surface area contributed by atoms with E-state index in [1.54, 1.807) is 19.1 Å². The molecule has 170 valence electrons. The van der Waals surface area contributed by atoms with Gasteiger partial charge in [-0.15, -0.1) is 0 Å². The minimum Gasteiger partial charge on any atom is -0.455 e. The Morgan fingerprint density at radius 3 is 2.58 bits per heavy atom. The molecular weight excluding hydrogens is 437 g/mol. The van der Waals surface area contributed by atoms with Gasteiger partial charge in [-0.25, -0.2) is 5.43 Å². The molecule has 3 aromatic rings. The van der Waals surface area contributed by atoms with E-state index in [-0.39, 0.29) is 11.4 Å². The summed E-state index contributed by atoms with van der Waals surface area (Å²) in [7, 11) is 0. The van der Waals surface area contributed by atoms with Gasteiger partial charge in [0, 0.05) is 41.2 Å². The van der Waals surface area contributed by atoms with Gasteiger partial charge in [0.15, 0.2) is 5.76 Å². The number of nitrogens with one attached hydrogen (secondary N) is 2. The number of aromatic nitrogens is 1. The largest absolute Gasteiger partial charge is 0.455 e. The lowest BCUT2D eigenvalue weighted by Crippen LogP contribution is -2.22. The minimum atomic E-state index is -4.52. The van der Waals surface area contributed by atoms with Crippen LogP contribution in [0, 0.1) is 6.92 Å². The lowest BCUT2D eigenvalue weighted by atomic mass is 9.93. The number of nitrogens with zero attached hydrogens (tertiary/aromatic N) is 2. The van der Waals surface area contributed by atoms with E-state index in [9.17, 15) is 22.8 Å². The molecule has 2 N–H and O–H groups in total. The average Bonchev–Trinajstić information content (AvgIpc) is 3.15. The van der Waals surface area contributed by atoms with Crippen molar-refractivity contribution in [2.45, 2.75) is 32.4 Å². The molecule has 4 rings (SSSR count). The molecule has 1 aliphatic carbocycles. The summed E-state index contributed by atoms with van der Waals surface area (Å²) in [5.74, 6) is -0.528. The molecule has 7 nitrogen and oxygen atoms in total. The third-order valence-corrected chi connectivity index (χ3v) is 5.21. The van der Waals surface area contributed by atoms with Crippen LogP contribution >= 0.6 is 0 Å². The summed E-state index contributed by atoms with van der Waals surface area (Å²) in [5.41, 5.74) is 3.75. The van der Waals surface area contributed by atoms with Gasteiger partial charge in [0.25, 0.3) is 11.8 Å². The molecule has 1 aliphatic rings. The SMILES string of the molecule is Cc1c(C(=O)Nc2cccc(C(F)(F)F)c2)oc2c1/C(=N/NC(=O)c1ccncc1)CCC2. The van der Waals surface area contributed by atoms with Crippen LogP contribution < -0.4 is 10.7 Å². The number of halogens is 3. The number of furan rings is 1. The average molecular weight is 456 g/mol. The molecule has 1 aromatic carbocycles. The van der Waals surface area contributed by atoms with E-state index in [2.05, 4.69) is 20.8 Å². The highest BCUT2D eigenvalue weighted by Gasteiger charge is 2.31. The standard InChI is InChI=1S/C23H19F3N4O3/c1-13-19-17(29-30-21(31)14-8-10-27-11-9-14)6-3-7-18(19)33-20(13)22(32)28-16-5-2-4-15(12-16)23(24,25)26/h2,4-5,8-12H,3,6-7H2,1H3,(H,28,32)(H,30,31)/b29-17+. The Kier molecular flexibility index (Phi) is 5.99. The van der Waals surface area contributed by atoms with Gasteiger partial charge >= 0.3 is 6.18 Å². The van der Waals surface area contributed by atoms with Crippen LogP contribution in [0.5, 0.6) is 0 Å². The first-order chi connectivity index (χ1) is 15.7. The second kappa shape index (κ2) is 8.89. The number of hydrogen-bond acceptors (Lipinski definition) is 5. The van der Waals surface area contributed by atoms with Gasteiger partial charge in [0.05, 0.1) is 11.3 Å². The molecule has 0 spiro atoms. The van der Waals surface area contributed by atoms with Crippen LogP contribution in [0.25, 0.3) is 0 Å². The van der Waals surface area contributed by atoms with Crippen LogP contribution in [0.2, 0.25) is 0 Å². The maximum Gasteiger partial charge on any atom is 0.416 e. The number of carbonyl (C=O) groups excluding carboxylic acids is 2. The third kappa shape index (κ3) is 4.79. The van der Waals surface area contributed by atoms with Crippen molar-refractivity contribution in [3.63, 3.8) is 0 Å². The van der Waals surface area contributed by atoms with E-state index >= 15 is 0 Å². The van der Waals surface area contributed by atoms with Crippen LogP contribution in [0.1, 0.15) is 56.2 Å². The second-order valence-electron chi connectivity index (χ2n) is 7.48. The molecule has 33 heavy (non-hydrogen) atoms. The topological polar surface area (TPSA) is 96.6 Å². The Morgan fingerprint density at radius 2 is 1.85 bits per heavy atom. The molecule has 0 fully saturated rings. The fourth-order valence-electron chi connectivity index (χ4n) is 3.64. The van der Waals surface area contributed by atoms with Crippen LogP contribution in [0.4, 0.5) is 18.9 Å². The maximum atomic E-state index is 13.0. The number of fused-ring (bicyclic) bond motifs is 1. The number of hydrogen-bond donors (Lipinski definition) is 2. The van der Waals surface area contributed by atoms with Gasteiger partial charge in [0.1, 0.15) is 5.76 Å². The predicted octanol–water partition coefficient (Wildman–Crippen LogP) is 4.72. The molecule has 0 atom stereocenters. The predicted molar refractivity (Wildman–Crippen MR) is 114 cm³/mol. The molecule has 0 bridgehead atoms. The van der Waals surface area contributed by atoms with Crippen LogP contribution in [-0.2, 0) is 12.6 Å². The zero-order chi connectivity index (χ0) is 23.6. The number of anilines is 1. The highest BCUT2D eigenvalue weighted by molar-refractivity contribution is 6.09. The van der Waals surface area contributed by atoms with Crippen molar-refractivity contribution < 1.29 is 27.2 Å². The zero-order valence-corrected chi connectivity index (χ0v) is 17.5. The number of benzene rings is 1. The van der Waals surface area contributed by atoms with Gasteiger partial charge in [-0.2, -0.15) is 18.3 Å². The summed E-state index contributed by atoms with van der Waals surface area (Å²) in [6.07, 6.45) is 0.320. The van der Waals surface area contributed by atoms with E-state index in [0.29, 0.717) is 47.4 Å². The lowest BCUT2D eigenvalue weighted by Gasteiger charge is -2.13. The number of rotatable bonds is 4. The van der Waals surface area contributed by atoms with Crippen molar-refractivity contribution in [3.05, 3.63) is 82.6 Å². The van der Waals surface area contributed by atoms with Crippen LogP contribution in [0.3, 0.4) is 0 Å². The first kappa shape index (κ1) is 22.3. The molecule has 10 heteroatoms. The Labute approximate surface area is 186 Å². The van der Waals surface area contributed by atoms with Crippen molar-refractivity contribution >= 4 is 23.2 Å². The molecule has 2 heterocycles. The molecule has 0 radical (unpaired) electrons. The first-order valence-electron chi connectivity index (χ1n) is 10.1. The van der Waals surface area contributed by atoms with E-state index in [1.807, 2.05) is 0 Å². The molecule has 0 saturated heterocycles. The van der Waals surface area contributed by atoms with Crippen molar-refractivity contribution in [1.82, 2.24) is 10.4 Å². The highest BCUT2D eigenvalue weighted by Crippen LogP contribution is 2.32. The molecule has 2 aromatic heterocycles. The smallest absolute Gasteiger partial charge is 0.416 e. The van der Waals surface area contributed by atoms with Crippen LogP contribution in [-0.4, -0.2) is 22.5 Å². The molecule has 2 amide bonds. The fourth-order valence-corrected chi connectivity index (χ4v) is 3.64. The summed E-state index contributed by atoms with van der Waals surface area (Å²) in [4.78, 5) is 28.9. The summed E-state index contributed by atoms with van der Waals surface area (Å²) >= 11 is 0. The number of hydrazone groups is 1. The molecule has 0 aliphatic heterocycles. The van der Waals surface area contributed by atoms with Crippen molar-refractivity contribution in [2.75, 3.05) is 5.32 Å². The summed E-state index contributed by atoms with van der Waals surface area (Å²) in [6, 6.07) is 7.48. The van der Waals surface area contributed by atoms with Gasteiger partial charge in [0.2, 0.25) is 0 Å². The van der Waals surface area contributed by atoms with E-state index in [1.165, 1.54) is 24.5 Å². The molecule has 0 unspecified atom stereocenters. The monoisotopic (exact) mass is 456 g/mol. The third-order valence-electron chi connectivity index (χ3n) is 5.21. The Morgan fingerprint density at radius 1 is 1.09 bits per heavy atom. The van der Waals surface area contributed by atoms with Gasteiger partial charge in [-0.3, -0.25) is 14.6 Å².